The van der Waals surface area contributed by atoms with Gasteiger partial charge in [0.2, 0.25) is 0 Å². The monoisotopic (exact) mass is 529 g/mol. The number of aliphatic hydroxyl groups is 1. The van der Waals surface area contributed by atoms with E-state index in [1.54, 1.807) is 46.1 Å². The number of ether oxygens (including phenoxy) is 4. The lowest BCUT2D eigenvalue weighted by molar-refractivity contribution is -0.172. The van der Waals surface area contributed by atoms with E-state index in [0.29, 0.717) is 29.8 Å². The molecule has 0 bridgehead atoms. The van der Waals surface area contributed by atoms with Crippen molar-refractivity contribution in [3.8, 4) is 11.5 Å². The van der Waals surface area contributed by atoms with Gasteiger partial charge >= 0.3 is 11.9 Å². The summed E-state index contributed by atoms with van der Waals surface area (Å²) >= 11 is 0. The molecule has 0 fully saturated rings. The minimum atomic E-state index is -1.69. The molecular formula is C30H43NO7. The molecule has 2 aromatic rings. The smallest absolute Gasteiger partial charge is 0.328 e. The summed E-state index contributed by atoms with van der Waals surface area (Å²) < 4.78 is 21.7. The van der Waals surface area contributed by atoms with Crippen molar-refractivity contribution in [1.82, 2.24) is 4.90 Å². The van der Waals surface area contributed by atoms with Gasteiger partial charge in [-0.3, -0.25) is 9.59 Å². The number of likely N-dealkylation sites (N-methyl/N-ethyl adjacent to an activating group) is 1. The molecule has 38 heavy (non-hydrogen) atoms. The first-order valence-electron chi connectivity index (χ1n) is 12.8. The van der Waals surface area contributed by atoms with Gasteiger partial charge in [-0.05, 0) is 95.4 Å². The summed E-state index contributed by atoms with van der Waals surface area (Å²) in [5.41, 5.74) is 0.628. The minimum Gasteiger partial charge on any atom is -0.496 e. The van der Waals surface area contributed by atoms with Gasteiger partial charge in [-0.1, -0.05) is 18.2 Å². The molecule has 2 rings (SSSR count). The first-order valence-corrected chi connectivity index (χ1v) is 12.8. The van der Waals surface area contributed by atoms with Crippen molar-refractivity contribution < 1.29 is 33.6 Å². The molecule has 0 spiro atoms. The van der Waals surface area contributed by atoms with E-state index in [1.165, 1.54) is 19.8 Å². The van der Waals surface area contributed by atoms with Crippen LogP contribution in [-0.2, 0) is 37.5 Å². The third-order valence-electron chi connectivity index (χ3n) is 6.57. The Bertz CT molecular complexity index is 1090. The van der Waals surface area contributed by atoms with Crippen molar-refractivity contribution in [2.75, 3.05) is 41.5 Å². The van der Waals surface area contributed by atoms with Gasteiger partial charge in [0.15, 0.2) is 5.41 Å². The van der Waals surface area contributed by atoms with Crippen LogP contribution in [0, 0.1) is 6.92 Å². The fourth-order valence-corrected chi connectivity index (χ4v) is 4.44. The maximum atomic E-state index is 13.7. The second-order valence-corrected chi connectivity index (χ2v) is 10.5. The van der Waals surface area contributed by atoms with E-state index in [4.69, 9.17) is 18.9 Å². The van der Waals surface area contributed by atoms with Crippen LogP contribution >= 0.6 is 0 Å². The Hall–Kier alpha value is -3.10. The summed E-state index contributed by atoms with van der Waals surface area (Å²) in [5.74, 6) is -0.0469. The van der Waals surface area contributed by atoms with Crippen molar-refractivity contribution >= 4 is 11.9 Å². The largest absolute Gasteiger partial charge is 0.496 e. The predicted octanol–water partition coefficient (Wildman–Crippen LogP) is 4.21. The van der Waals surface area contributed by atoms with Gasteiger partial charge in [0, 0.05) is 12.1 Å². The Morgan fingerprint density at radius 1 is 0.921 bits per heavy atom. The van der Waals surface area contributed by atoms with Gasteiger partial charge in [0.05, 0.1) is 27.9 Å². The fraction of sp³-hybridized carbons (Fsp3) is 0.533. The first kappa shape index (κ1) is 31.1. The Morgan fingerprint density at radius 3 is 2.18 bits per heavy atom. The Balaban J connectivity index is 2.29. The molecule has 0 aliphatic carbocycles. The number of esters is 2. The van der Waals surface area contributed by atoms with Crippen molar-refractivity contribution in [2.24, 2.45) is 0 Å². The Labute approximate surface area is 226 Å². The summed E-state index contributed by atoms with van der Waals surface area (Å²) in [6.45, 7) is 8.42. The van der Waals surface area contributed by atoms with Crippen LogP contribution in [0.1, 0.15) is 55.9 Å². The van der Waals surface area contributed by atoms with E-state index >= 15 is 0 Å². The third-order valence-corrected chi connectivity index (χ3v) is 6.57. The molecule has 0 saturated carbocycles. The third kappa shape index (κ3) is 7.71. The van der Waals surface area contributed by atoms with Gasteiger partial charge < -0.3 is 29.0 Å². The lowest BCUT2D eigenvalue weighted by atomic mass is 9.75. The first-order chi connectivity index (χ1) is 17.9. The number of methoxy groups -OCH3 is 3. The SMILES string of the molecule is COC(=O)C(CCCN(C)CCc1ccc(C)c(OC)c1)(C(=O)OC(C)(C)C)c1ccc(OC)c(CO)c1. The van der Waals surface area contributed by atoms with Gasteiger partial charge in [0.25, 0.3) is 0 Å². The average molecular weight is 530 g/mol. The maximum absolute atomic E-state index is 13.7. The highest BCUT2D eigenvalue weighted by molar-refractivity contribution is 6.06. The molecule has 0 radical (unpaired) electrons. The summed E-state index contributed by atoms with van der Waals surface area (Å²) in [5, 5.41) is 9.88. The van der Waals surface area contributed by atoms with Crippen LogP contribution in [0.4, 0.5) is 0 Å². The number of hydrogen-bond acceptors (Lipinski definition) is 8. The van der Waals surface area contributed by atoms with E-state index in [1.807, 2.05) is 14.0 Å². The van der Waals surface area contributed by atoms with Crippen LogP contribution in [0.25, 0.3) is 0 Å². The molecule has 0 aliphatic rings. The number of benzene rings is 2. The number of nitrogens with zero attached hydrogens (tertiary/aromatic N) is 1. The second kappa shape index (κ2) is 13.6. The zero-order valence-corrected chi connectivity index (χ0v) is 24.1. The number of rotatable bonds is 13. The highest BCUT2D eigenvalue weighted by atomic mass is 16.6. The number of aryl methyl sites for hydroxylation is 1. The highest BCUT2D eigenvalue weighted by Crippen LogP contribution is 2.37. The molecule has 0 aromatic heterocycles. The van der Waals surface area contributed by atoms with Crippen LogP contribution in [0.3, 0.4) is 0 Å². The molecule has 0 aliphatic heterocycles. The Kier molecular flexibility index (Phi) is 11.2. The standard InChI is InChI=1S/C30H43NO7/c1-21-10-11-22(18-26(21)36-7)14-17-31(5)16-9-15-30(27(33)37-8,28(34)38-29(2,3)4)24-12-13-25(35-6)23(19-24)20-32/h10-13,18-19,32H,9,14-17,20H2,1-8H3. The molecule has 1 unspecified atom stereocenters. The summed E-state index contributed by atoms with van der Waals surface area (Å²) in [6.07, 6.45) is 1.54. The second-order valence-electron chi connectivity index (χ2n) is 10.5. The van der Waals surface area contributed by atoms with E-state index in [9.17, 15) is 14.7 Å². The molecule has 8 nitrogen and oxygen atoms in total. The molecule has 210 valence electrons. The number of hydrogen-bond donors (Lipinski definition) is 1. The summed E-state index contributed by atoms with van der Waals surface area (Å²) in [7, 11) is 6.44. The van der Waals surface area contributed by atoms with E-state index in [2.05, 4.69) is 23.1 Å². The molecule has 2 aromatic carbocycles. The van der Waals surface area contributed by atoms with Crippen LogP contribution in [0.2, 0.25) is 0 Å². The zero-order chi connectivity index (χ0) is 28.5. The maximum Gasteiger partial charge on any atom is 0.328 e. The lowest BCUT2D eigenvalue weighted by Crippen LogP contribution is -2.48. The average Bonchev–Trinajstić information content (AvgIpc) is 2.88. The minimum absolute atomic E-state index is 0.175. The van der Waals surface area contributed by atoms with Gasteiger partial charge in [-0.15, -0.1) is 0 Å². The van der Waals surface area contributed by atoms with Crippen molar-refractivity contribution in [3.63, 3.8) is 0 Å². The van der Waals surface area contributed by atoms with Crippen molar-refractivity contribution in [2.45, 2.75) is 64.6 Å². The summed E-state index contributed by atoms with van der Waals surface area (Å²) in [4.78, 5) is 29.2. The normalized spacial score (nSPS) is 13.1. The predicted molar refractivity (Wildman–Crippen MR) is 147 cm³/mol. The van der Waals surface area contributed by atoms with Gasteiger partial charge in [0.1, 0.15) is 17.1 Å². The fourth-order valence-electron chi connectivity index (χ4n) is 4.44. The van der Waals surface area contributed by atoms with Crippen molar-refractivity contribution in [3.05, 3.63) is 58.7 Å². The van der Waals surface area contributed by atoms with Gasteiger partial charge in [-0.2, -0.15) is 0 Å². The molecular weight excluding hydrogens is 486 g/mol. The van der Waals surface area contributed by atoms with Crippen LogP contribution in [-0.4, -0.2) is 69.0 Å². The topological polar surface area (TPSA) is 94.5 Å². The highest BCUT2D eigenvalue weighted by Gasteiger charge is 2.51. The molecule has 8 heteroatoms. The number of carbonyl (C=O) groups excluding carboxylic acids is 2. The van der Waals surface area contributed by atoms with E-state index in [0.717, 1.165) is 24.3 Å². The van der Waals surface area contributed by atoms with E-state index < -0.39 is 23.0 Å². The molecule has 1 atom stereocenters. The summed E-state index contributed by atoms with van der Waals surface area (Å²) in [6, 6.07) is 11.1. The van der Waals surface area contributed by atoms with Crippen LogP contribution in [0.5, 0.6) is 11.5 Å². The van der Waals surface area contributed by atoms with Crippen molar-refractivity contribution in [1.29, 1.82) is 0 Å². The van der Waals surface area contributed by atoms with Crippen LogP contribution < -0.4 is 9.47 Å². The molecule has 0 saturated heterocycles. The Morgan fingerprint density at radius 2 is 1.61 bits per heavy atom. The molecule has 0 heterocycles. The van der Waals surface area contributed by atoms with Gasteiger partial charge in [-0.25, -0.2) is 0 Å². The molecule has 1 N–H and O–H groups in total. The number of carbonyl (C=O) groups is 2. The van der Waals surface area contributed by atoms with Crippen LogP contribution in [0.15, 0.2) is 36.4 Å². The molecule has 0 amide bonds. The van der Waals surface area contributed by atoms with E-state index in [-0.39, 0.29) is 13.0 Å². The zero-order valence-electron chi connectivity index (χ0n) is 24.1. The lowest BCUT2D eigenvalue weighted by Gasteiger charge is -2.33. The quantitative estimate of drug-likeness (QED) is 0.305. The number of aliphatic hydroxyl groups excluding tert-OH is 1.